The molecule has 2 heterocycles. The lowest BCUT2D eigenvalue weighted by molar-refractivity contribution is -0.152. The molecule has 1 atom stereocenters. The average molecular weight is 323 g/mol. The van der Waals surface area contributed by atoms with Crippen molar-refractivity contribution in [1.29, 1.82) is 0 Å². The smallest absolute Gasteiger partial charge is 0.326 e. The largest absolute Gasteiger partial charge is 0.480 e. The lowest BCUT2D eigenvalue weighted by Gasteiger charge is -2.33. The van der Waals surface area contributed by atoms with Gasteiger partial charge in [0.25, 0.3) is 0 Å². The van der Waals surface area contributed by atoms with E-state index in [0.717, 1.165) is 22.6 Å². The number of hydrogen-bond acceptors (Lipinski definition) is 4. The van der Waals surface area contributed by atoms with Crippen LogP contribution in [0.4, 0.5) is 0 Å². The Bertz CT molecular complexity index is 593. The summed E-state index contributed by atoms with van der Waals surface area (Å²) in [5, 5.41) is 9.19. The minimum Gasteiger partial charge on any atom is -0.480 e. The van der Waals surface area contributed by atoms with Crippen LogP contribution in [-0.4, -0.2) is 40.3 Å². The summed E-state index contributed by atoms with van der Waals surface area (Å²) in [4.78, 5) is 39.1. The molecule has 1 N–H and O–H groups in total. The van der Waals surface area contributed by atoms with E-state index in [0.29, 0.717) is 18.5 Å². The monoisotopic (exact) mass is 323 g/mol. The molecule has 6 heteroatoms. The highest BCUT2D eigenvalue weighted by Gasteiger charge is 2.31. The zero-order valence-corrected chi connectivity index (χ0v) is 13.7. The molecule has 0 radical (unpaired) electrons. The number of nitrogens with zero attached hydrogens (tertiary/aromatic N) is 1. The van der Waals surface area contributed by atoms with Crippen molar-refractivity contribution in [2.75, 3.05) is 6.54 Å². The Hall–Kier alpha value is -1.69. The molecule has 1 aromatic heterocycles. The number of carbonyl (C=O) groups is 3. The van der Waals surface area contributed by atoms with Crippen LogP contribution in [0.5, 0.6) is 0 Å². The average Bonchev–Trinajstić information content (AvgIpc) is 2.83. The van der Waals surface area contributed by atoms with Gasteiger partial charge in [-0.05, 0) is 39.2 Å². The molecule has 22 heavy (non-hydrogen) atoms. The van der Waals surface area contributed by atoms with Gasteiger partial charge >= 0.3 is 5.97 Å². The Kier molecular flexibility index (Phi) is 5.34. The van der Waals surface area contributed by atoms with Crippen molar-refractivity contribution in [3.63, 3.8) is 0 Å². The number of carboxylic acid groups (broad SMARTS) is 1. The molecule has 1 unspecified atom stereocenters. The quantitative estimate of drug-likeness (QED) is 0.846. The predicted molar refractivity (Wildman–Crippen MR) is 84.3 cm³/mol. The first kappa shape index (κ1) is 16.7. The fraction of sp³-hybridized carbons (Fsp3) is 0.562. The van der Waals surface area contributed by atoms with Crippen molar-refractivity contribution < 1.29 is 19.5 Å². The molecule has 1 saturated heterocycles. The number of hydrogen-bond donors (Lipinski definition) is 1. The summed E-state index contributed by atoms with van der Waals surface area (Å²) >= 11 is 1.57. The predicted octanol–water partition coefficient (Wildman–Crippen LogP) is 2.79. The number of Topliss-reactive ketones (excluding diaryl/α,β-unsaturated/α-hetero) is 1. The van der Waals surface area contributed by atoms with Gasteiger partial charge < -0.3 is 10.0 Å². The van der Waals surface area contributed by atoms with Gasteiger partial charge in [0.1, 0.15) is 6.04 Å². The summed E-state index contributed by atoms with van der Waals surface area (Å²) in [7, 11) is 0. The maximum absolute atomic E-state index is 12.3. The first-order chi connectivity index (χ1) is 10.4. The fourth-order valence-corrected chi connectivity index (χ4v) is 3.84. The molecule has 1 amide bonds. The summed E-state index contributed by atoms with van der Waals surface area (Å²) in [5.41, 5.74) is 0.684. The van der Waals surface area contributed by atoms with Crippen molar-refractivity contribution in [1.82, 2.24) is 4.90 Å². The van der Waals surface area contributed by atoms with E-state index in [4.69, 9.17) is 0 Å². The summed E-state index contributed by atoms with van der Waals surface area (Å²) in [6.45, 7) is 4.32. The number of piperidine rings is 1. The summed E-state index contributed by atoms with van der Waals surface area (Å²) in [6.07, 6.45) is 2.37. The molecule has 1 aromatic rings. The number of ketones is 1. The number of carboxylic acids is 1. The molecule has 1 fully saturated rings. The van der Waals surface area contributed by atoms with Crippen LogP contribution in [0.1, 0.15) is 52.2 Å². The third-order valence-electron chi connectivity index (χ3n) is 4.02. The van der Waals surface area contributed by atoms with Crippen LogP contribution < -0.4 is 0 Å². The van der Waals surface area contributed by atoms with Crippen LogP contribution in [0.3, 0.4) is 0 Å². The lowest BCUT2D eigenvalue weighted by atomic mass is 10.0. The van der Waals surface area contributed by atoms with Crippen LogP contribution in [-0.2, 0) is 9.59 Å². The molecule has 120 valence electrons. The normalized spacial score (nSPS) is 18.3. The zero-order chi connectivity index (χ0) is 16.3. The van der Waals surface area contributed by atoms with Gasteiger partial charge in [0, 0.05) is 34.7 Å². The van der Waals surface area contributed by atoms with Gasteiger partial charge in [0.05, 0.1) is 0 Å². The van der Waals surface area contributed by atoms with E-state index < -0.39 is 12.0 Å². The lowest BCUT2D eigenvalue weighted by Crippen LogP contribution is -2.48. The van der Waals surface area contributed by atoms with Gasteiger partial charge in [-0.15, -0.1) is 11.3 Å². The highest BCUT2D eigenvalue weighted by atomic mass is 32.1. The molecule has 0 aromatic carbocycles. The van der Waals surface area contributed by atoms with Crippen molar-refractivity contribution in [2.45, 2.75) is 52.0 Å². The third kappa shape index (κ3) is 3.74. The Labute approximate surface area is 133 Å². The first-order valence-corrected chi connectivity index (χ1v) is 8.34. The van der Waals surface area contributed by atoms with Gasteiger partial charge in [-0.2, -0.15) is 0 Å². The standard InChI is InChI=1S/C16H21NO4S/c1-10-9-12(11(2)22-10)14(18)6-7-15(19)17-8-4-3-5-13(17)16(20)21/h9,13H,3-8H2,1-2H3,(H,20,21). The second kappa shape index (κ2) is 7.05. The van der Waals surface area contributed by atoms with Crippen molar-refractivity contribution in [3.8, 4) is 0 Å². The first-order valence-electron chi connectivity index (χ1n) is 7.52. The van der Waals surface area contributed by atoms with E-state index in [2.05, 4.69) is 0 Å². The van der Waals surface area contributed by atoms with E-state index in [-0.39, 0.29) is 24.5 Å². The molecule has 0 saturated carbocycles. The van der Waals surface area contributed by atoms with Crippen LogP contribution in [0.15, 0.2) is 6.07 Å². The number of carbonyl (C=O) groups excluding carboxylic acids is 2. The second-order valence-corrected chi connectivity index (χ2v) is 7.15. The molecule has 0 aliphatic carbocycles. The maximum Gasteiger partial charge on any atom is 0.326 e. The Morgan fingerprint density at radius 2 is 2.00 bits per heavy atom. The fourth-order valence-electron chi connectivity index (χ4n) is 2.89. The second-order valence-electron chi connectivity index (χ2n) is 5.69. The third-order valence-corrected chi connectivity index (χ3v) is 4.98. The molecule has 5 nitrogen and oxygen atoms in total. The van der Waals surface area contributed by atoms with Crippen molar-refractivity contribution >= 4 is 29.0 Å². The van der Waals surface area contributed by atoms with E-state index in [1.165, 1.54) is 4.90 Å². The molecular formula is C16H21NO4S. The maximum atomic E-state index is 12.3. The highest BCUT2D eigenvalue weighted by Crippen LogP contribution is 2.23. The number of amides is 1. The Balaban J connectivity index is 1.95. The summed E-state index contributed by atoms with van der Waals surface area (Å²) in [5.74, 6) is -1.23. The van der Waals surface area contributed by atoms with E-state index in [1.54, 1.807) is 11.3 Å². The van der Waals surface area contributed by atoms with E-state index in [9.17, 15) is 19.5 Å². The molecule has 1 aliphatic rings. The molecular weight excluding hydrogens is 302 g/mol. The van der Waals surface area contributed by atoms with Crippen LogP contribution >= 0.6 is 11.3 Å². The number of aryl methyl sites for hydroxylation is 2. The van der Waals surface area contributed by atoms with Gasteiger partial charge in [0.2, 0.25) is 5.91 Å². The topological polar surface area (TPSA) is 74.7 Å². The molecule has 0 bridgehead atoms. The van der Waals surface area contributed by atoms with Crippen molar-refractivity contribution in [3.05, 3.63) is 21.4 Å². The van der Waals surface area contributed by atoms with Gasteiger partial charge in [-0.25, -0.2) is 4.79 Å². The van der Waals surface area contributed by atoms with Crippen LogP contribution in [0.25, 0.3) is 0 Å². The van der Waals surface area contributed by atoms with E-state index >= 15 is 0 Å². The SMILES string of the molecule is Cc1cc(C(=O)CCC(=O)N2CCCCC2C(=O)O)c(C)s1. The summed E-state index contributed by atoms with van der Waals surface area (Å²) < 4.78 is 0. The molecule has 2 rings (SSSR count). The minimum absolute atomic E-state index is 0.0425. The van der Waals surface area contributed by atoms with Gasteiger partial charge in [0.15, 0.2) is 5.78 Å². The van der Waals surface area contributed by atoms with Crippen LogP contribution in [0, 0.1) is 13.8 Å². The van der Waals surface area contributed by atoms with E-state index in [1.807, 2.05) is 19.9 Å². The zero-order valence-electron chi connectivity index (χ0n) is 12.9. The number of rotatable bonds is 5. The highest BCUT2D eigenvalue weighted by molar-refractivity contribution is 7.12. The Morgan fingerprint density at radius 3 is 2.59 bits per heavy atom. The number of thiophene rings is 1. The van der Waals surface area contributed by atoms with Crippen molar-refractivity contribution in [2.24, 2.45) is 0 Å². The van der Waals surface area contributed by atoms with Crippen LogP contribution in [0.2, 0.25) is 0 Å². The summed E-state index contributed by atoms with van der Waals surface area (Å²) in [6, 6.07) is 1.12. The Morgan fingerprint density at radius 1 is 1.27 bits per heavy atom. The van der Waals surface area contributed by atoms with Gasteiger partial charge in [-0.1, -0.05) is 0 Å². The molecule has 0 spiro atoms. The number of aliphatic carboxylic acids is 1. The van der Waals surface area contributed by atoms with Gasteiger partial charge in [-0.3, -0.25) is 9.59 Å². The minimum atomic E-state index is -0.955. The molecule has 1 aliphatic heterocycles. The number of likely N-dealkylation sites (tertiary alicyclic amines) is 1.